The molecule has 0 radical (unpaired) electrons. The zero-order chi connectivity index (χ0) is 18.7. The van der Waals surface area contributed by atoms with Gasteiger partial charge in [-0.3, -0.25) is 4.79 Å². The van der Waals surface area contributed by atoms with Crippen molar-refractivity contribution in [1.29, 1.82) is 0 Å². The maximum absolute atomic E-state index is 12.4. The molecule has 6 heteroatoms. The number of amides is 1. The van der Waals surface area contributed by atoms with Gasteiger partial charge in [-0.2, -0.15) is 0 Å². The van der Waals surface area contributed by atoms with Gasteiger partial charge in [0.2, 0.25) is 0 Å². The Morgan fingerprint density at radius 1 is 1.19 bits per heavy atom. The van der Waals surface area contributed by atoms with Gasteiger partial charge >= 0.3 is 5.97 Å². The number of carboxylic acids is 1. The molecule has 0 unspecified atom stereocenters. The third-order valence-electron chi connectivity index (χ3n) is 4.59. The van der Waals surface area contributed by atoms with Crippen molar-refractivity contribution < 1.29 is 14.7 Å². The first-order valence-corrected chi connectivity index (χ1v) is 9.42. The largest absolute Gasteiger partial charge is 0.478 e. The fourth-order valence-corrected chi connectivity index (χ4v) is 3.54. The van der Waals surface area contributed by atoms with Gasteiger partial charge < -0.3 is 15.3 Å². The molecule has 1 fully saturated rings. The number of halogens is 1. The second kappa shape index (κ2) is 7.91. The molecule has 1 atom stereocenters. The number of rotatable bonds is 4. The van der Waals surface area contributed by atoms with Crippen molar-refractivity contribution in [3.05, 3.63) is 58.1 Å². The Morgan fingerprint density at radius 3 is 2.58 bits per heavy atom. The number of piperidine rings is 1. The summed E-state index contributed by atoms with van der Waals surface area (Å²) >= 11 is 3.34. The van der Waals surface area contributed by atoms with Gasteiger partial charge in [-0.05, 0) is 61.2 Å². The predicted molar refractivity (Wildman–Crippen MR) is 106 cm³/mol. The Kier molecular flexibility index (Phi) is 5.61. The summed E-state index contributed by atoms with van der Waals surface area (Å²) in [6, 6.07) is 12.1. The first kappa shape index (κ1) is 18.5. The van der Waals surface area contributed by atoms with Gasteiger partial charge in [0.15, 0.2) is 0 Å². The summed E-state index contributed by atoms with van der Waals surface area (Å²) < 4.78 is 0.891. The Labute approximate surface area is 161 Å². The molecule has 5 nitrogen and oxygen atoms in total. The Balaban J connectivity index is 1.83. The van der Waals surface area contributed by atoms with E-state index in [4.69, 9.17) is 0 Å². The van der Waals surface area contributed by atoms with Crippen LogP contribution in [0.25, 0.3) is 0 Å². The Bertz CT molecular complexity index is 820. The second-order valence-corrected chi connectivity index (χ2v) is 7.61. The molecule has 1 aliphatic rings. The van der Waals surface area contributed by atoms with Crippen LogP contribution in [0.4, 0.5) is 11.4 Å². The Hall–Kier alpha value is -2.34. The number of carbonyl (C=O) groups excluding carboxylic acids is 1. The van der Waals surface area contributed by atoms with Crippen molar-refractivity contribution in [1.82, 2.24) is 0 Å². The van der Waals surface area contributed by atoms with Crippen molar-refractivity contribution in [3.8, 4) is 0 Å². The van der Waals surface area contributed by atoms with Crippen LogP contribution in [0.3, 0.4) is 0 Å². The van der Waals surface area contributed by atoms with Gasteiger partial charge in [-0.1, -0.05) is 22.9 Å². The van der Waals surface area contributed by atoms with Gasteiger partial charge in [-0.15, -0.1) is 0 Å². The van der Waals surface area contributed by atoms with Crippen LogP contribution in [-0.4, -0.2) is 30.1 Å². The molecular formula is C20H21BrN2O3. The number of carbonyl (C=O) groups is 2. The van der Waals surface area contributed by atoms with Crippen molar-refractivity contribution in [2.75, 3.05) is 23.3 Å². The number of anilines is 2. The molecule has 0 saturated carbocycles. The fraction of sp³-hybridized carbons (Fsp3) is 0.300. The fourth-order valence-electron chi connectivity index (χ4n) is 3.27. The lowest BCUT2D eigenvalue weighted by molar-refractivity contribution is 0.0697. The first-order chi connectivity index (χ1) is 12.4. The summed E-state index contributed by atoms with van der Waals surface area (Å²) in [4.78, 5) is 26.2. The summed E-state index contributed by atoms with van der Waals surface area (Å²) in [5, 5.41) is 12.4. The summed E-state index contributed by atoms with van der Waals surface area (Å²) in [6.07, 6.45) is 2.22. The van der Waals surface area contributed by atoms with Crippen LogP contribution in [0, 0.1) is 5.92 Å². The monoisotopic (exact) mass is 416 g/mol. The van der Waals surface area contributed by atoms with Crippen LogP contribution in [0.15, 0.2) is 46.9 Å². The zero-order valence-corrected chi connectivity index (χ0v) is 16.1. The van der Waals surface area contributed by atoms with E-state index in [0.717, 1.165) is 24.0 Å². The highest BCUT2D eigenvalue weighted by atomic mass is 79.9. The maximum Gasteiger partial charge on any atom is 0.337 e. The molecule has 1 aliphatic heterocycles. The molecule has 2 aromatic carbocycles. The standard InChI is InChI=1S/C20H21BrN2O3/c1-13-3-2-10-23(12-13)18-9-8-16(11-17(18)20(25)26)22-19(24)14-4-6-15(21)7-5-14/h4-9,11,13H,2-3,10,12H2,1H3,(H,22,24)(H,25,26)/t13-/m1/s1. The molecule has 2 aromatic rings. The minimum Gasteiger partial charge on any atom is -0.478 e. The van der Waals surface area contributed by atoms with Crippen LogP contribution in [0.5, 0.6) is 0 Å². The molecule has 3 rings (SSSR count). The van der Waals surface area contributed by atoms with Gasteiger partial charge in [0.25, 0.3) is 5.91 Å². The van der Waals surface area contributed by atoms with E-state index in [1.165, 1.54) is 12.5 Å². The van der Waals surface area contributed by atoms with Crippen molar-refractivity contribution in [2.24, 2.45) is 5.92 Å². The second-order valence-electron chi connectivity index (χ2n) is 6.69. The maximum atomic E-state index is 12.4. The summed E-state index contributed by atoms with van der Waals surface area (Å²) in [7, 11) is 0. The number of hydrogen-bond donors (Lipinski definition) is 2. The molecule has 1 heterocycles. The van der Waals surface area contributed by atoms with Gasteiger partial charge in [0, 0.05) is 28.8 Å². The van der Waals surface area contributed by atoms with Gasteiger partial charge in [0.1, 0.15) is 0 Å². The third-order valence-corrected chi connectivity index (χ3v) is 5.12. The number of nitrogens with zero attached hydrogens (tertiary/aromatic N) is 1. The topological polar surface area (TPSA) is 69.6 Å². The van der Waals surface area contributed by atoms with E-state index in [9.17, 15) is 14.7 Å². The highest BCUT2D eigenvalue weighted by Crippen LogP contribution is 2.29. The molecule has 0 aromatic heterocycles. The zero-order valence-electron chi connectivity index (χ0n) is 14.5. The van der Waals surface area contributed by atoms with E-state index in [-0.39, 0.29) is 11.5 Å². The van der Waals surface area contributed by atoms with Crippen molar-refractivity contribution in [2.45, 2.75) is 19.8 Å². The molecule has 0 aliphatic carbocycles. The molecule has 136 valence electrons. The number of aromatic carboxylic acids is 1. The van der Waals surface area contributed by atoms with E-state index in [1.807, 2.05) is 0 Å². The molecule has 1 saturated heterocycles. The van der Waals surface area contributed by atoms with Crippen LogP contribution >= 0.6 is 15.9 Å². The Morgan fingerprint density at radius 2 is 1.92 bits per heavy atom. The lowest BCUT2D eigenvalue weighted by atomic mass is 9.98. The summed E-state index contributed by atoms with van der Waals surface area (Å²) in [5.41, 5.74) is 1.92. The van der Waals surface area contributed by atoms with E-state index in [2.05, 4.69) is 33.1 Å². The van der Waals surface area contributed by atoms with Crippen LogP contribution in [0.1, 0.15) is 40.5 Å². The number of nitrogens with one attached hydrogen (secondary N) is 1. The molecule has 26 heavy (non-hydrogen) atoms. The lowest BCUT2D eigenvalue weighted by Crippen LogP contribution is -2.35. The van der Waals surface area contributed by atoms with Gasteiger partial charge in [0.05, 0.1) is 11.3 Å². The van der Waals surface area contributed by atoms with E-state index < -0.39 is 5.97 Å². The van der Waals surface area contributed by atoms with Crippen LogP contribution < -0.4 is 10.2 Å². The molecule has 1 amide bonds. The van der Waals surface area contributed by atoms with Gasteiger partial charge in [-0.25, -0.2) is 4.79 Å². The summed E-state index contributed by atoms with van der Waals surface area (Å²) in [6.45, 7) is 3.89. The van der Waals surface area contributed by atoms with E-state index in [1.54, 1.807) is 36.4 Å². The van der Waals surface area contributed by atoms with E-state index in [0.29, 0.717) is 22.9 Å². The SMILES string of the molecule is C[C@@H]1CCCN(c2ccc(NC(=O)c3ccc(Br)cc3)cc2C(=O)O)C1. The molecular weight excluding hydrogens is 396 g/mol. The van der Waals surface area contributed by atoms with E-state index >= 15 is 0 Å². The minimum absolute atomic E-state index is 0.215. The molecule has 0 bridgehead atoms. The average molecular weight is 417 g/mol. The average Bonchev–Trinajstić information content (AvgIpc) is 2.62. The lowest BCUT2D eigenvalue weighted by Gasteiger charge is -2.33. The molecule has 2 N–H and O–H groups in total. The summed E-state index contributed by atoms with van der Waals surface area (Å²) in [5.74, 6) is -0.715. The smallest absolute Gasteiger partial charge is 0.337 e. The third kappa shape index (κ3) is 4.25. The highest BCUT2D eigenvalue weighted by molar-refractivity contribution is 9.10. The number of hydrogen-bond acceptors (Lipinski definition) is 3. The normalized spacial score (nSPS) is 17.0. The minimum atomic E-state index is -0.988. The first-order valence-electron chi connectivity index (χ1n) is 8.63. The van der Waals surface area contributed by atoms with Crippen LogP contribution in [0.2, 0.25) is 0 Å². The predicted octanol–water partition coefficient (Wildman–Crippen LogP) is 4.64. The van der Waals surface area contributed by atoms with Crippen molar-refractivity contribution in [3.63, 3.8) is 0 Å². The van der Waals surface area contributed by atoms with Crippen molar-refractivity contribution >= 4 is 39.2 Å². The highest BCUT2D eigenvalue weighted by Gasteiger charge is 2.22. The number of benzene rings is 2. The quantitative estimate of drug-likeness (QED) is 0.761. The molecule has 0 spiro atoms. The number of carboxylic acid groups (broad SMARTS) is 1. The van der Waals surface area contributed by atoms with Crippen LogP contribution in [-0.2, 0) is 0 Å².